The fourth-order valence-corrected chi connectivity index (χ4v) is 3.47. The van der Waals surface area contributed by atoms with Gasteiger partial charge in [-0.05, 0) is 53.0 Å². The van der Waals surface area contributed by atoms with Gasteiger partial charge in [-0.2, -0.15) is 0 Å². The number of nitrogens with zero attached hydrogens (tertiary/aromatic N) is 4. The van der Waals surface area contributed by atoms with Gasteiger partial charge in [-0.25, -0.2) is 9.97 Å². The van der Waals surface area contributed by atoms with Gasteiger partial charge in [-0.1, -0.05) is 0 Å². The molecule has 1 atom stereocenters. The SMILES string of the molecule is CC(CO)Oc1ccnc(-c2nc3c(c(N(C)CC(=O)NC(C)(C)C)n2)CCC3)c1. The summed E-state index contributed by atoms with van der Waals surface area (Å²) in [6.07, 6.45) is 4.14. The molecule has 1 amide bonds. The smallest absolute Gasteiger partial charge is 0.239 e. The number of nitrogens with one attached hydrogen (secondary N) is 1. The molecule has 30 heavy (non-hydrogen) atoms. The summed E-state index contributed by atoms with van der Waals surface area (Å²) >= 11 is 0. The van der Waals surface area contributed by atoms with Crippen molar-refractivity contribution in [2.45, 2.75) is 58.6 Å². The number of anilines is 1. The Bertz CT molecular complexity index is 910. The number of likely N-dealkylation sites (N-methyl/N-ethyl adjacent to an activating group) is 1. The Kier molecular flexibility index (Phi) is 6.55. The van der Waals surface area contributed by atoms with E-state index in [2.05, 4.69) is 10.3 Å². The summed E-state index contributed by atoms with van der Waals surface area (Å²) in [5, 5.41) is 12.2. The van der Waals surface area contributed by atoms with Crippen LogP contribution in [0.15, 0.2) is 18.3 Å². The zero-order chi connectivity index (χ0) is 21.9. The first-order valence-corrected chi connectivity index (χ1v) is 10.3. The molecule has 1 aliphatic rings. The molecule has 2 aromatic rings. The van der Waals surface area contributed by atoms with Crippen LogP contribution in [-0.2, 0) is 17.6 Å². The van der Waals surface area contributed by atoms with E-state index in [1.165, 1.54) is 0 Å². The number of aliphatic hydroxyl groups is 1. The first kappa shape index (κ1) is 22.0. The van der Waals surface area contributed by atoms with Crippen LogP contribution in [0.25, 0.3) is 11.5 Å². The third-order valence-electron chi connectivity index (χ3n) is 4.72. The molecule has 2 N–H and O–H groups in total. The van der Waals surface area contributed by atoms with Crippen LogP contribution in [0.3, 0.4) is 0 Å². The van der Waals surface area contributed by atoms with Crippen LogP contribution in [0.1, 0.15) is 45.4 Å². The van der Waals surface area contributed by atoms with E-state index in [0.717, 1.165) is 36.3 Å². The number of pyridine rings is 1. The van der Waals surface area contributed by atoms with Gasteiger partial charge in [-0.3, -0.25) is 9.78 Å². The molecule has 2 aromatic heterocycles. The van der Waals surface area contributed by atoms with Crippen LogP contribution in [-0.4, -0.2) is 57.8 Å². The van der Waals surface area contributed by atoms with Crippen LogP contribution in [0.2, 0.25) is 0 Å². The Morgan fingerprint density at radius 3 is 2.80 bits per heavy atom. The molecule has 1 unspecified atom stereocenters. The van der Waals surface area contributed by atoms with Crippen molar-refractivity contribution in [2.24, 2.45) is 0 Å². The van der Waals surface area contributed by atoms with Gasteiger partial charge in [0, 0.05) is 36.1 Å². The molecule has 1 aliphatic carbocycles. The fourth-order valence-electron chi connectivity index (χ4n) is 3.47. The van der Waals surface area contributed by atoms with Gasteiger partial charge in [0.1, 0.15) is 23.4 Å². The number of ether oxygens (including phenoxy) is 1. The number of carbonyl (C=O) groups is 1. The van der Waals surface area contributed by atoms with Crippen molar-refractivity contribution < 1.29 is 14.6 Å². The minimum absolute atomic E-state index is 0.0524. The molecule has 0 spiro atoms. The lowest BCUT2D eigenvalue weighted by atomic mass is 10.1. The molecule has 0 saturated heterocycles. The fraction of sp³-hybridized carbons (Fsp3) is 0.545. The van der Waals surface area contributed by atoms with Crippen LogP contribution in [0.5, 0.6) is 5.75 Å². The average molecular weight is 414 g/mol. The lowest BCUT2D eigenvalue weighted by Crippen LogP contribution is -2.45. The van der Waals surface area contributed by atoms with E-state index in [1.54, 1.807) is 25.3 Å². The molecule has 0 saturated carbocycles. The normalized spacial score (nSPS) is 14.2. The third-order valence-corrected chi connectivity index (χ3v) is 4.72. The Morgan fingerprint density at radius 1 is 1.33 bits per heavy atom. The molecular formula is C22H31N5O3. The van der Waals surface area contributed by atoms with Gasteiger partial charge in [-0.15, -0.1) is 0 Å². The number of hydrogen-bond donors (Lipinski definition) is 2. The van der Waals surface area contributed by atoms with Crippen molar-refractivity contribution in [1.29, 1.82) is 0 Å². The first-order chi connectivity index (χ1) is 14.2. The molecule has 162 valence electrons. The van der Waals surface area contributed by atoms with E-state index in [1.807, 2.05) is 32.7 Å². The molecule has 3 rings (SSSR count). The Morgan fingerprint density at radius 2 is 2.10 bits per heavy atom. The minimum Gasteiger partial charge on any atom is -0.488 e. The number of rotatable bonds is 7. The first-order valence-electron chi connectivity index (χ1n) is 10.3. The molecule has 0 radical (unpaired) electrons. The highest BCUT2D eigenvalue weighted by molar-refractivity contribution is 5.82. The molecular weight excluding hydrogens is 382 g/mol. The van der Waals surface area contributed by atoms with Crippen LogP contribution < -0.4 is 15.0 Å². The number of fused-ring (bicyclic) bond motifs is 1. The summed E-state index contributed by atoms with van der Waals surface area (Å²) in [5.74, 6) is 1.83. The predicted octanol–water partition coefficient (Wildman–Crippen LogP) is 2.14. The Hall–Kier alpha value is -2.74. The highest BCUT2D eigenvalue weighted by Gasteiger charge is 2.24. The van der Waals surface area contributed by atoms with Gasteiger partial charge < -0.3 is 20.1 Å². The van der Waals surface area contributed by atoms with Gasteiger partial charge in [0.05, 0.1) is 13.2 Å². The van der Waals surface area contributed by atoms with Gasteiger partial charge in [0.2, 0.25) is 5.91 Å². The minimum atomic E-state index is -0.316. The summed E-state index contributed by atoms with van der Waals surface area (Å²) < 4.78 is 5.69. The molecule has 0 aromatic carbocycles. The predicted molar refractivity (Wildman–Crippen MR) is 116 cm³/mol. The van der Waals surface area contributed by atoms with Crippen LogP contribution >= 0.6 is 0 Å². The van der Waals surface area contributed by atoms with E-state index in [0.29, 0.717) is 17.3 Å². The maximum Gasteiger partial charge on any atom is 0.239 e. The summed E-state index contributed by atoms with van der Waals surface area (Å²) in [6.45, 7) is 7.82. The van der Waals surface area contributed by atoms with Crippen molar-refractivity contribution in [2.75, 3.05) is 25.1 Å². The van der Waals surface area contributed by atoms with E-state index < -0.39 is 0 Å². The maximum absolute atomic E-state index is 12.4. The second kappa shape index (κ2) is 8.95. The summed E-state index contributed by atoms with van der Waals surface area (Å²) in [4.78, 5) is 28.2. The number of aryl methyl sites for hydroxylation is 1. The molecule has 0 aliphatic heterocycles. The number of amides is 1. The maximum atomic E-state index is 12.4. The summed E-state index contributed by atoms with van der Waals surface area (Å²) in [5.41, 5.74) is 2.43. The molecule has 2 heterocycles. The highest BCUT2D eigenvalue weighted by Crippen LogP contribution is 2.31. The number of hydrogen-bond acceptors (Lipinski definition) is 7. The van der Waals surface area contributed by atoms with E-state index in [4.69, 9.17) is 14.7 Å². The summed E-state index contributed by atoms with van der Waals surface area (Å²) in [7, 11) is 1.88. The van der Waals surface area contributed by atoms with Gasteiger partial charge in [0.25, 0.3) is 0 Å². The van der Waals surface area contributed by atoms with Crippen LogP contribution in [0.4, 0.5) is 5.82 Å². The zero-order valence-corrected chi connectivity index (χ0v) is 18.4. The Labute approximate surface area is 177 Å². The van der Waals surface area contributed by atoms with Gasteiger partial charge >= 0.3 is 0 Å². The van der Waals surface area contributed by atoms with Crippen molar-refractivity contribution in [1.82, 2.24) is 20.3 Å². The third kappa shape index (κ3) is 5.44. The van der Waals surface area contributed by atoms with Crippen molar-refractivity contribution >= 4 is 11.7 Å². The molecule has 0 fully saturated rings. The molecule has 0 bridgehead atoms. The van der Waals surface area contributed by atoms with Crippen LogP contribution in [0, 0.1) is 0 Å². The van der Waals surface area contributed by atoms with Crippen molar-refractivity contribution in [3.63, 3.8) is 0 Å². The van der Waals surface area contributed by atoms with Crippen molar-refractivity contribution in [3.05, 3.63) is 29.6 Å². The van der Waals surface area contributed by atoms with E-state index in [9.17, 15) is 9.90 Å². The molecule has 8 heteroatoms. The second-order valence-electron chi connectivity index (χ2n) is 8.79. The number of aromatic nitrogens is 3. The van der Waals surface area contributed by atoms with E-state index in [-0.39, 0.29) is 30.7 Å². The van der Waals surface area contributed by atoms with E-state index >= 15 is 0 Å². The summed E-state index contributed by atoms with van der Waals surface area (Å²) in [6, 6.07) is 3.52. The lowest BCUT2D eigenvalue weighted by molar-refractivity contribution is -0.121. The van der Waals surface area contributed by atoms with Gasteiger partial charge in [0.15, 0.2) is 5.82 Å². The lowest BCUT2D eigenvalue weighted by Gasteiger charge is -2.25. The number of carbonyl (C=O) groups excluding carboxylic acids is 1. The van der Waals surface area contributed by atoms with Crippen molar-refractivity contribution in [3.8, 4) is 17.3 Å². The largest absolute Gasteiger partial charge is 0.488 e. The monoisotopic (exact) mass is 413 g/mol. The Balaban J connectivity index is 1.90. The standard InChI is InChI=1S/C22H31N5O3/c1-14(13-28)30-15-9-10-23-18(11-15)20-24-17-8-6-7-16(17)21(25-20)27(5)12-19(29)26-22(2,3)4/h9-11,14,28H,6-8,12-13H2,1-5H3,(H,26,29). The average Bonchev–Trinajstić information content (AvgIpc) is 3.14. The zero-order valence-electron chi connectivity index (χ0n) is 18.4. The topological polar surface area (TPSA) is 100 Å². The second-order valence-corrected chi connectivity index (χ2v) is 8.79. The number of aliphatic hydroxyl groups excluding tert-OH is 1. The quantitative estimate of drug-likeness (QED) is 0.717. The molecule has 8 nitrogen and oxygen atoms in total. The highest BCUT2D eigenvalue weighted by atomic mass is 16.5.